The van der Waals surface area contributed by atoms with Gasteiger partial charge in [0.25, 0.3) is 0 Å². The molecule has 1 saturated carbocycles. The van der Waals surface area contributed by atoms with Crippen molar-refractivity contribution >= 4 is 49.4 Å². The van der Waals surface area contributed by atoms with Crippen molar-refractivity contribution in [1.29, 1.82) is 5.26 Å². The molecular formula is C28H23Br2ClFNO3. The van der Waals surface area contributed by atoms with Gasteiger partial charge < -0.3 is 9.47 Å². The topological polar surface area (TPSA) is 59.3 Å². The van der Waals surface area contributed by atoms with Crippen molar-refractivity contribution in [3.8, 4) is 17.6 Å². The Hall–Kier alpha value is -2.40. The Morgan fingerprint density at radius 1 is 1.11 bits per heavy atom. The fourth-order valence-electron chi connectivity index (χ4n) is 4.45. The summed E-state index contributed by atoms with van der Waals surface area (Å²) in [6, 6.07) is 24.2. The Labute approximate surface area is 231 Å². The molecule has 0 spiro atoms. The number of hydrogen-bond acceptors (Lipinski definition) is 4. The molecule has 3 aromatic carbocycles. The normalized spacial score (nSPS) is 21.4. The molecule has 1 aliphatic carbocycles. The smallest absolute Gasteiger partial charge is 0.311 e. The third kappa shape index (κ3) is 5.32. The molecule has 0 radical (unpaired) electrons. The summed E-state index contributed by atoms with van der Waals surface area (Å²) in [5.41, 5.74) is 0.758. The summed E-state index contributed by atoms with van der Waals surface area (Å²) in [5.74, 6) is -1.36. The number of para-hydroxylation sites is 1. The second-order valence-corrected chi connectivity index (χ2v) is 12.6. The summed E-state index contributed by atoms with van der Waals surface area (Å²) in [6.45, 7) is 3.93. The molecule has 1 aliphatic rings. The third-order valence-electron chi connectivity index (χ3n) is 6.57. The van der Waals surface area contributed by atoms with Crippen molar-refractivity contribution in [2.45, 2.75) is 28.6 Å². The number of hydrogen-bond donors (Lipinski definition) is 0. The Morgan fingerprint density at radius 2 is 1.72 bits per heavy atom. The Bertz CT molecular complexity index is 1280. The number of rotatable bonds is 8. The van der Waals surface area contributed by atoms with Crippen LogP contribution in [-0.2, 0) is 13.3 Å². The lowest BCUT2D eigenvalue weighted by Crippen LogP contribution is -2.27. The molecule has 0 aliphatic heterocycles. The second-order valence-electron chi connectivity index (χ2n) is 9.27. The lowest BCUT2D eigenvalue weighted by Gasteiger charge is -2.27. The van der Waals surface area contributed by atoms with Crippen LogP contribution in [0.2, 0.25) is 0 Å². The number of halogens is 4. The van der Waals surface area contributed by atoms with E-state index in [1.807, 2.05) is 56.3 Å². The maximum Gasteiger partial charge on any atom is 0.311 e. The summed E-state index contributed by atoms with van der Waals surface area (Å²) in [4.78, 5) is 12.9. The minimum atomic E-state index is -1.22. The van der Waals surface area contributed by atoms with Gasteiger partial charge >= 0.3 is 5.97 Å². The molecule has 8 heteroatoms. The van der Waals surface area contributed by atoms with Gasteiger partial charge in [-0.15, -0.1) is 11.6 Å². The van der Waals surface area contributed by atoms with Crippen LogP contribution in [0.5, 0.6) is 11.5 Å². The van der Waals surface area contributed by atoms with Crippen molar-refractivity contribution in [2.24, 2.45) is 17.3 Å². The van der Waals surface area contributed by atoms with E-state index in [4.69, 9.17) is 21.1 Å². The molecule has 4 rings (SSSR count). The van der Waals surface area contributed by atoms with Crippen molar-refractivity contribution in [1.82, 2.24) is 0 Å². The van der Waals surface area contributed by atoms with E-state index in [0.717, 1.165) is 5.56 Å². The van der Waals surface area contributed by atoms with Crippen LogP contribution < -0.4 is 4.74 Å². The summed E-state index contributed by atoms with van der Waals surface area (Å²) in [7, 11) is 0. The predicted molar refractivity (Wildman–Crippen MR) is 144 cm³/mol. The lowest BCUT2D eigenvalue weighted by molar-refractivity contribution is -0.149. The van der Waals surface area contributed by atoms with E-state index in [9.17, 15) is 14.4 Å². The number of esters is 1. The second kappa shape index (κ2) is 10.5. The van der Waals surface area contributed by atoms with E-state index in [1.54, 1.807) is 24.3 Å². The number of benzene rings is 3. The summed E-state index contributed by atoms with van der Waals surface area (Å²) in [5, 5.41) is 9.76. The van der Waals surface area contributed by atoms with Gasteiger partial charge in [-0.1, -0.05) is 100 Å². The molecule has 4 nitrogen and oxygen atoms in total. The van der Waals surface area contributed by atoms with Gasteiger partial charge in [0.15, 0.2) is 11.6 Å². The largest absolute Gasteiger partial charge is 0.454 e. The molecule has 0 aromatic heterocycles. The highest BCUT2D eigenvalue weighted by atomic mass is 79.9. The predicted octanol–water partition coefficient (Wildman–Crippen LogP) is 8.25. The van der Waals surface area contributed by atoms with Gasteiger partial charge in [0.2, 0.25) is 6.10 Å². The molecule has 186 valence electrons. The number of nitriles is 1. The van der Waals surface area contributed by atoms with Gasteiger partial charge in [-0.25, -0.2) is 4.39 Å². The van der Waals surface area contributed by atoms with Crippen molar-refractivity contribution in [3.05, 3.63) is 95.8 Å². The first-order valence-electron chi connectivity index (χ1n) is 11.3. The van der Waals surface area contributed by atoms with Gasteiger partial charge in [0, 0.05) is 5.56 Å². The number of nitrogens with zero attached hydrogens (tertiary/aromatic N) is 1. The molecule has 0 heterocycles. The molecule has 0 amide bonds. The van der Waals surface area contributed by atoms with Crippen LogP contribution in [0.15, 0.2) is 78.9 Å². The number of alkyl halides is 3. The van der Waals surface area contributed by atoms with Crippen LogP contribution in [0.1, 0.15) is 31.1 Å². The van der Waals surface area contributed by atoms with Crippen LogP contribution in [0.4, 0.5) is 4.39 Å². The van der Waals surface area contributed by atoms with E-state index in [1.165, 1.54) is 18.2 Å². The molecule has 3 aromatic rings. The van der Waals surface area contributed by atoms with Crippen molar-refractivity contribution in [3.63, 3.8) is 0 Å². The van der Waals surface area contributed by atoms with E-state index >= 15 is 0 Å². The zero-order valence-electron chi connectivity index (χ0n) is 19.5. The standard InChI is InChI=1S/C28H23Br2ClFNO3/c1-27(2)23(25(29)28(30,31)18-9-5-3-6-10-18)24(27)26(34)36-22(16-33)17-13-14-20(32)21(15-17)35-19-11-7-4-8-12-19/h3-15,22-25H,1-2H3/t22-,23+,24+,25-,28-/m0/s1. The zero-order valence-corrected chi connectivity index (χ0v) is 23.4. The first-order valence-corrected chi connectivity index (χ1v) is 13.4. The summed E-state index contributed by atoms with van der Waals surface area (Å²) < 4.78 is 24.7. The Morgan fingerprint density at radius 3 is 2.33 bits per heavy atom. The highest BCUT2D eigenvalue weighted by Crippen LogP contribution is 2.66. The summed E-state index contributed by atoms with van der Waals surface area (Å²) >= 11 is 14.2. The maximum atomic E-state index is 14.4. The van der Waals surface area contributed by atoms with Crippen LogP contribution >= 0.6 is 43.5 Å². The molecule has 5 atom stereocenters. The average Bonchev–Trinajstić information content (AvgIpc) is 3.46. The SMILES string of the molecule is CC1(C)[C@@H]([C@H](Br)[C@](Cl)(Br)c2ccccc2)[C@@H]1C(=O)O[C@@H](C#N)c1ccc(F)c(Oc2ccccc2)c1. The fraction of sp³-hybridized carbons (Fsp3) is 0.286. The molecule has 1 fully saturated rings. The van der Waals surface area contributed by atoms with E-state index in [0.29, 0.717) is 11.3 Å². The van der Waals surface area contributed by atoms with Crippen molar-refractivity contribution in [2.75, 3.05) is 0 Å². The first kappa shape index (κ1) is 26.7. The summed E-state index contributed by atoms with van der Waals surface area (Å²) in [6.07, 6.45) is -1.22. The molecule has 0 bridgehead atoms. The minimum Gasteiger partial charge on any atom is -0.454 e. The van der Waals surface area contributed by atoms with Crippen molar-refractivity contribution < 1.29 is 18.7 Å². The highest BCUT2D eigenvalue weighted by molar-refractivity contribution is 9.12. The van der Waals surface area contributed by atoms with Gasteiger partial charge in [-0.2, -0.15) is 5.26 Å². The van der Waals surface area contributed by atoms with Crippen LogP contribution in [0, 0.1) is 34.4 Å². The van der Waals surface area contributed by atoms with E-state index in [-0.39, 0.29) is 16.5 Å². The number of carbonyl (C=O) groups excluding carboxylic acids is 1. The third-order valence-corrected chi connectivity index (χ3v) is 10.1. The Kier molecular flexibility index (Phi) is 7.80. The average molecular weight is 636 g/mol. The fourth-order valence-corrected chi connectivity index (χ4v) is 6.52. The highest BCUT2D eigenvalue weighted by Gasteiger charge is 2.68. The molecule has 0 saturated heterocycles. The number of ether oxygens (including phenoxy) is 2. The van der Waals surface area contributed by atoms with Gasteiger partial charge in [0.1, 0.15) is 15.6 Å². The molecule has 0 N–H and O–H groups in total. The van der Waals surface area contributed by atoms with Crippen LogP contribution in [0.3, 0.4) is 0 Å². The number of carbonyl (C=O) groups is 1. The molecule has 36 heavy (non-hydrogen) atoms. The first-order chi connectivity index (χ1) is 17.1. The van der Waals surface area contributed by atoms with Gasteiger partial charge in [0.05, 0.1) is 10.7 Å². The van der Waals surface area contributed by atoms with Crippen LogP contribution in [0.25, 0.3) is 0 Å². The van der Waals surface area contributed by atoms with Gasteiger partial charge in [-0.05, 0) is 41.2 Å². The zero-order chi connectivity index (χ0) is 26.1. The maximum absolute atomic E-state index is 14.4. The Balaban J connectivity index is 1.50. The minimum absolute atomic E-state index is 0.0609. The van der Waals surface area contributed by atoms with E-state index < -0.39 is 33.0 Å². The lowest BCUT2D eigenvalue weighted by atomic mass is 10.0. The molecular weight excluding hydrogens is 613 g/mol. The quantitative estimate of drug-likeness (QED) is 0.185. The monoisotopic (exact) mass is 633 g/mol. The molecule has 0 unspecified atom stereocenters. The van der Waals surface area contributed by atoms with Gasteiger partial charge in [-0.3, -0.25) is 4.79 Å². The van der Waals surface area contributed by atoms with Crippen LogP contribution in [-0.4, -0.2) is 10.8 Å². The van der Waals surface area contributed by atoms with E-state index in [2.05, 4.69) is 31.9 Å².